The molecule has 0 spiro atoms. The van der Waals surface area contributed by atoms with Crippen molar-refractivity contribution in [1.29, 1.82) is 5.26 Å². The predicted molar refractivity (Wildman–Crippen MR) is 126 cm³/mol. The fourth-order valence-corrected chi connectivity index (χ4v) is 2.87. The van der Waals surface area contributed by atoms with Gasteiger partial charge in [0.15, 0.2) is 0 Å². The summed E-state index contributed by atoms with van der Waals surface area (Å²) < 4.78 is 0. The molecule has 9 heteroatoms. The summed E-state index contributed by atoms with van der Waals surface area (Å²) in [5, 5.41) is 21.0. The number of anilines is 4. The topological polar surface area (TPSA) is 128 Å². The Balaban J connectivity index is 1.53. The molecule has 1 aromatic carbocycles. The number of likely N-dealkylation sites (N-methyl/N-ethyl adjacent to an activating group) is 1. The van der Waals surface area contributed by atoms with Gasteiger partial charge in [-0.15, -0.1) is 0 Å². The third-order valence-electron chi connectivity index (χ3n) is 4.66. The second kappa shape index (κ2) is 10.2. The minimum absolute atomic E-state index is 0.176. The maximum Gasteiger partial charge on any atom is 0.239 e. The molecule has 0 bridgehead atoms. The van der Waals surface area contributed by atoms with Crippen molar-refractivity contribution in [2.75, 3.05) is 29.5 Å². The van der Waals surface area contributed by atoms with Crippen LogP contribution in [-0.2, 0) is 4.79 Å². The standard InChI is InChI=1S/C24H22N8O/c1-26-15-22(33)31-21-4-2-3-18(28-21)10-7-17-14-27-24(32-23(17)29-19-11-12-19)30-20-8-5-16(13-25)6-9-20/h2-6,8-9,14,19,26H,11-12,15H2,1H3,(H,28,31,33)(H2,27,29,30,32). The van der Waals surface area contributed by atoms with Gasteiger partial charge in [-0.1, -0.05) is 12.0 Å². The van der Waals surface area contributed by atoms with E-state index in [1.807, 2.05) is 0 Å². The number of pyridine rings is 1. The van der Waals surface area contributed by atoms with Gasteiger partial charge in [0.2, 0.25) is 11.9 Å². The van der Waals surface area contributed by atoms with Gasteiger partial charge in [0.25, 0.3) is 0 Å². The summed E-state index contributed by atoms with van der Waals surface area (Å²) in [6.45, 7) is 0.202. The van der Waals surface area contributed by atoms with Gasteiger partial charge >= 0.3 is 0 Å². The highest BCUT2D eigenvalue weighted by atomic mass is 16.1. The van der Waals surface area contributed by atoms with E-state index in [0.29, 0.717) is 40.4 Å². The number of hydrogen-bond acceptors (Lipinski definition) is 8. The van der Waals surface area contributed by atoms with Gasteiger partial charge in [0, 0.05) is 11.7 Å². The number of amides is 1. The molecule has 1 fully saturated rings. The minimum atomic E-state index is -0.176. The van der Waals surface area contributed by atoms with Crippen LogP contribution in [0.4, 0.5) is 23.3 Å². The van der Waals surface area contributed by atoms with Gasteiger partial charge in [-0.2, -0.15) is 10.2 Å². The molecule has 1 saturated carbocycles. The van der Waals surface area contributed by atoms with Crippen LogP contribution >= 0.6 is 0 Å². The van der Waals surface area contributed by atoms with Crippen LogP contribution in [0.3, 0.4) is 0 Å². The fraction of sp³-hybridized carbons (Fsp3) is 0.208. The second-order valence-electron chi connectivity index (χ2n) is 7.43. The van der Waals surface area contributed by atoms with Gasteiger partial charge in [-0.25, -0.2) is 9.97 Å². The van der Waals surface area contributed by atoms with Crippen molar-refractivity contribution in [2.24, 2.45) is 0 Å². The Kier molecular flexibility index (Phi) is 6.74. The predicted octanol–water partition coefficient (Wildman–Crippen LogP) is 2.62. The molecule has 1 aliphatic rings. The Morgan fingerprint density at radius 3 is 2.67 bits per heavy atom. The first-order chi connectivity index (χ1) is 16.1. The van der Waals surface area contributed by atoms with E-state index in [0.717, 1.165) is 18.5 Å². The lowest BCUT2D eigenvalue weighted by Gasteiger charge is -2.10. The molecule has 164 valence electrons. The van der Waals surface area contributed by atoms with E-state index in [-0.39, 0.29) is 12.5 Å². The zero-order valence-electron chi connectivity index (χ0n) is 18.0. The Morgan fingerprint density at radius 1 is 1.12 bits per heavy atom. The summed E-state index contributed by atoms with van der Waals surface area (Å²) in [5.74, 6) is 7.45. The number of carbonyl (C=O) groups is 1. The highest BCUT2D eigenvalue weighted by molar-refractivity contribution is 5.91. The normalized spacial score (nSPS) is 12.1. The van der Waals surface area contributed by atoms with Crippen molar-refractivity contribution in [2.45, 2.75) is 18.9 Å². The summed E-state index contributed by atoms with van der Waals surface area (Å²) in [4.78, 5) is 25.1. The average Bonchev–Trinajstić information content (AvgIpc) is 3.63. The van der Waals surface area contributed by atoms with Gasteiger partial charge < -0.3 is 21.3 Å². The number of rotatable bonds is 7. The molecule has 3 aromatic rings. The molecule has 0 unspecified atom stereocenters. The molecule has 4 N–H and O–H groups in total. The van der Waals surface area contributed by atoms with Gasteiger partial charge in [0.05, 0.1) is 29.9 Å². The summed E-state index contributed by atoms with van der Waals surface area (Å²) in [6, 6.07) is 14.8. The maximum absolute atomic E-state index is 11.8. The van der Waals surface area contributed by atoms with Gasteiger partial charge in [-0.3, -0.25) is 4.79 Å². The molecule has 2 aromatic heterocycles. The lowest BCUT2D eigenvalue weighted by Crippen LogP contribution is -2.25. The van der Waals surface area contributed by atoms with E-state index in [2.05, 4.69) is 54.1 Å². The number of aromatic nitrogens is 3. The number of hydrogen-bond donors (Lipinski definition) is 4. The highest BCUT2D eigenvalue weighted by Crippen LogP contribution is 2.26. The third-order valence-corrected chi connectivity index (χ3v) is 4.66. The minimum Gasteiger partial charge on any atom is -0.366 e. The SMILES string of the molecule is CNCC(=O)Nc1cccc(C#Cc2cnc(Nc3ccc(C#N)cc3)nc2NC2CC2)n1. The van der Waals surface area contributed by atoms with Crippen LogP contribution in [0.1, 0.15) is 29.7 Å². The van der Waals surface area contributed by atoms with E-state index in [1.54, 1.807) is 55.7 Å². The van der Waals surface area contributed by atoms with E-state index in [1.165, 1.54) is 0 Å². The molecule has 0 atom stereocenters. The monoisotopic (exact) mass is 438 g/mol. The Morgan fingerprint density at radius 2 is 1.94 bits per heavy atom. The third kappa shape index (κ3) is 6.26. The van der Waals surface area contributed by atoms with Crippen molar-refractivity contribution in [3.05, 3.63) is 65.5 Å². The van der Waals surface area contributed by atoms with Crippen molar-refractivity contribution in [3.8, 4) is 17.9 Å². The van der Waals surface area contributed by atoms with Crippen molar-refractivity contribution >= 4 is 29.2 Å². The summed E-state index contributed by atoms with van der Waals surface area (Å²) >= 11 is 0. The molecule has 33 heavy (non-hydrogen) atoms. The molecule has 2 heterocycles. The summed E-state index contributed by atoms with van der Waals surface area (Å²) in [5.41, 5.74) is 2.54. The quantitative estimate of drug-likeness (QED) is 0.415. The summed E-state index contributed by atoms with van der Waals surface area (Å²) in [6.07, 6.45) is 3.84. The zero-order valence-corrected chi connectivity index (χ0v) is 18.0. The Labute approximate surface area is 191 Å². The molecule has 0 radical (unpaired) electrons. The molecule has 0 saturated heterocycles. The molecular weight excluding hydrogens is 416 g/mol. The number of benzene rings is 1. The van der Waals surface area contributed by atoms with Crippen molar-refractivity contribution in [1.82, 2.24) is 20.3 Å². The van der Waals surface area contributed by atoms with E-state index >= 15 is 0 Å². The van der Waals surface area contributed by atoms with E-state index in [4.69, 9.17) is 5.26 Å². The van der Waals surface area contributed by atoms with E-state index < -0.39 is 0 Å². The first-order valence-electron chi connectivity index (χ1n) is 10.5. The van der Waals surface area contributed by atoms with Crippen molar-refractivity contribution in [3.63, 3.8) is 0 Å². The molecule has 0 aliphatic heterocycles. The first-order valence-corrected chi connectivity index (χ1v) is 10.5. The van der Waals surface area contributed by atoms with Crippen LogP contribution in [0.5, 0.6) is 0 Å². The second-order valence-corrected chi connectivity index (χ2v) is 7.43. The number of nitrogens with one attached hydrogen (secondary N) is 4. The summed E-state index contributed by atoms with van der Waals surface area (Å²) in [7, 11) is 1.70. The van der Waals surface area contributed by atoms with Crippen LogP contribution in [0.25, 0.3) is 0 Å². The molecular formula is C24H22N8O. The maximum atomic E-state index is 11.8. The van der Waals surface area contributed by atoms with Crippen LogP contribution in [-0.4, -0.2) is 40.5 Å². The number of nitriles is 1. The largest absolute Gasteiger partial charge is 0.366 e. The van der Waals surface area contributed by atoms with Crippen LogP contribution in [0, 0.1) is 23.2 Å². The molecule has 9 nitrogen and oxygen atoms in total. The Hall–Kier alpha value is -4.47. The van der Waals surface area contributed by atoms with Crippen LogP contribution in [0.15, 0.2) is 48.7 Å². The van der Waals surface area contributed by atoms with Crippen LogP contribution < -0.4 is 21.3 Å². The zero-order chi connectivity index (χ0) is 23.0. The fourth-order valence-electron chi connectivity index (χ4n) is 2.87. The number of nitrogens with zero attached hydrogens (tertiary/aromatic N) is 4. The lowest BCUT2D eigenvalue weighted by molar-refractivity contribution is -0.115. The Bertz CT molecular complexity index is 1250. The van der Waals surface area contributed by atoms with Gasteiger partial charge in [0.1, 0.15) is 17.3 Å². The van der Waals surface area contributed by atoms with E-state index in [9.17, 15) is 4.79 Å². The molecule has 1 aliphatic carbocycles. The first kappa shape index (κ1) is 21.8. The molecule has 1 amide bonds. The number of carbonyl (C=O) groups excluding carboxylic acids is 1. The average molecular weight is 438 g/mol. The lowest BCUT2D eigenvalue weighted by atomic mass is 10.2. The van der Waals surface area contributed by atoms with Crippen LogP contribution in [0.2, 0.25) is 0 Å². The van der Waals surface area contributed by atoms with Gasteiger partial charge in [-0.05, 0) is 62.2 Å². The smallest absolute Gasteiger partial charge is 0.239 e. The highest BCUT2D eigenvalue weighted by Gasteiger charge is 2.22. The van der Waals surface area contributed by atoms with Crippen molar-refractivity contribution < 1.29 is 4.79 Å². The molecule has 4 rings (SSSR count).